The predicted molar refractivity (Wildman–Crippen MR) is 89.1 cm³/mol. The summed E-state index contributed by atoms with van der Waals surface area (Å²) in [5.74, 6) is 0.310. The Kier molecular flexibility index (Phi) is 4.07. The van der Waals surface area contributed by atoms with Gasteiger partial charge in [-0.2, -0.15) is 5.26 Å². The van der Waals surface area contributed by atoms with Crippen LogP contribution in [0.1, 0.15) is 29.3 Å². The topological polar surface area (TPSA) is 70.7 Å². The first kappa shape index (κ1) is 14.8. The maximum atomic E-state index is 12.4. The fourth-order valence-electron chi connectivity index (χ4n) is 2.49. The Morgan fingerprint density at radius 2 is 1.96 bits per heavy atom. The van der Waals surface area contributed by atoms with Gasteiger partial charge < -0.3 is 4.57 Å². The van der Waals surface area contributed by atoms with Crippen LogP contribution in [-0.4, -0.2) is 15.5 Å². The van der Waals surface area contributed by atoms with E-state index < -0.39 is 0 Å². The number of hydrogen-bond donors (Lipinski definition) is 1. The molecule has 114 valence electrons. The molecule has 0 aliphatic rings. The molecule has 0 saturated heterocycles. The number of imidazole rings is 1. The smallest absolute Gasteiger partial charge is 0.257 e. The molecule has 0 bridgehead atoms. The summed E-state index contributed by atoms with van der Waals surface area (Å²) in [4.78, 5) is 16.9. The molecule has 5 nitrogen and oxygen atoms in total. The van der Waals surface area contributed by atoms with E-state index in [0.29, 0.717) is 17.1 Å². The number of nitrogens with zero attached hydrogens (tertiary/aromatic N) is 3. The van der Waals surface area contributed by atoms with Crippen LogP contribution in [0.25, 0.3) is 11.0 Å². The van der Waals surface area contributed by atoms with Gasteiger partial charge in [-0.3, -0.25) is 10.1 Å². The molecule has 0 fully saturated rings. The van der Waals surface area contributed by atoms with E-state index in [1.54, 1.807) is 24.3 Å². The summed E-state index contributed by atoms with van der Waals surface area (Å²) in [5, 5.41) is 11.7. The largest absolute Gasteiger partial charge is 0.310 e. The Balaban J connectivity index is 1.92. The van der Waals surface area contributed by atoms with Gasteiger partial charge in [-0.15, -0.1) is 0 Å². The van der Waals surface area contributed by atoms with Gasteiger partial charge >= 0.3 is 0 Å². The zero-order chi connectivity index (χ0) is 16.2. The summed E-state index contributed by atoms with van der Waals surface area (Å²) in [7, 11) is 0. The fraction of sp³-hybridized carbons (Fsp3) is 0.167. The molecule has 0 saturated carbocycles. The third kappa shape index (κ3) is 2.92. The quantitative estimate of drug-likeness (QED) is 0.801. The highest BCUT2D eigenvalue weighted by atomic mass is 16.1. The zero-order valence-corrected chi connectivity index (χ0v) is 12.8. The molecule has 0 radical (unpaired) electrons. The average molecular weight is 304 g/mol. The number of nitrogens with one attached hydrogen (secondary N) is 1. The first-order valence-electron chi connectivity index (χ1n) is 7.49. The molecule has 0 aliphatic carbocycles. The van der Waals surface area contributed by atoms with Crippen LogP contribution in [0, 0.1) is 11.3 Å². The van der Waals surface area contributed by atoms with E-state index in [1.165, 1.54) is 0 Å². The second kappa shape index (κ2) is 6.32. The first-order chi connectivity index (χ1) is 11.2. The number of hydrogen-bond acceptors (Lipinski definition) is 3. The van der Waals surface area contributed by atoms with Crippen LogP contribution in [0.2, 0.25) is 0 Å². The zero-order valence-electron chi connectivity index (χ0n) is 12.8. The lowest BCUT2D eigenvalue weighted by molar-refractivity contribution is 0.102. The summed E-state index contributed by atoms with van der Waals surface area (Å²) in [6.07, 6.45) is 0.945. The minimum Gasteiger partial charge on any atom is -0.310 e. The summed E-state index contributed by atoms with van der Waals surface area (Å²) >= 11 is 0. The molecule has 1 amide bonds. The van der Waals surface area contributed by atoms with Gasteiger partial charge in [0, 0.05) is 12.1 Å². The van der Waals surface area contributed by atoms with Gasteiger partial charge in [-0.25, -0.2) is 4.98 Å². The maximum absolute atomic E-state index is 12.4. The van der Waals surface area contributed by atoms with Crippen LogP contribution < -0.4 is 5.32 Å². The second-order valence-corrected chi connectivity index (χ2v) is 5.22. The number of amides is 1. The van der Waals surface area contributed by atoms with Gasteiger partial charge in [0.2, 0.25) is 5.95 Å². The van der Waals surface area contributed by atoms with Crippen molar-refractivity contribution in [1.29, 1.82) is 5.26 Å². The van der Waals surface area contributed by atoms with E-state index in [1.807, 2.05) is 34.9 Å². The van der Waals surface area contributed by atoms with Crippen LogP contribution in [0.4, 0.5) is 5.95 Å². The minimum atomic E-state index is -0.234. The van der Waals surface area contributed by atoms with Gasteiger partial charge in [0.1, 0.15) is 0 Å². The molecule has 23 heavy (non-hydrogen) atoms. The standard InChI is InChI=1S/C18H16N4O/c1-2-11-22-16-6-4-3-5-15(16)20-18(22)21-17(23)14-9-7-13(12-19)8-10-14/h3-10H,2,11H2,1H3,(H,20,21,23). The van der Waals surface area contributed by atoms with Crippen molar-refractivity contribution >= 4 is 22.9 Å². The normalized spacial score (nSPS) is 10.4. The number of carbonyl (C=O) groups excluding carboxylic acids is 1. The second-order valence-electron chi connectivity index (χ2n) is 5.22. The van der Waals surface area contributed by atoms with Crippen molar-refractivity contribution in [2.45, 2.75) is 19.9 Å². The van der Waals surface area contributed by atoms with Crippen molar-refractivity contribution in [3.63, 3.8) is 0 Å². The van der Waals surface area contributed by atoms with Gasteiger partial charge in [-0.05, 0) is 42.8 Å². The number of nitriles is 1. The molecule has 3 aromatic rings. The Morgan fingerprint density at radius 1 is 1.22 bits per heavy atom. The fourth-order valence-corrected chi connectivity index (χ4v) is 2.49. The lowest BCUT2D eigenvalue weighted by Crippen LogP contribution is -2.16. The van der Waals surface area contributed by atoms with E-state index >= 15 is 0 Å². The summed E-state index contributed by atoms with van der Waals surface area (Å²) in [6, 6.07) is 16.4. The van der Waals surface area contributed by atoms with E-state index in [0.717, 1.165) is 24.0 Å². The molecule has 0 atom stereocenters. The molecule has 3 rings (SSSR count). The van der Waals surface area contributed by atoms with Crippen molar-refractivity contribution in [1.82, 2.24) is 9.55 Å². The van der Waals surface area contributed by atoms with Crippen molar-refractivity contribution in [2.75, 3.05) is 5.32 Å². The molecule has 0 aliphatic heterocycles. The van der Waals surface area contributed by atoms with Crippen molar-refractivity contribution in [2.24, 2.45) is 0 Å². The molecule has 1 N–H and O–H groups in total. The van der Waals surface area contributed by atoms with Gasteiger partial charge in [-0.1, -0.05) is 19.1 Å². The Bertz CT molecular complexity index is 888. The summed E-state index contributed by atoms with van der Waals surface area (Å²) in [6.45, 7) is 2.87. The Labute approximate surface area is 134 Å². The number of benzene rings is 2. The maximum Gasteiger partial charge on any atom is 0.257 e. The summed E-state index contributed by atoms with van der Waals surface area (Å²) in [5.41, 5.74) is 2.89. The number of carbonyl (C=O) groups is 1. The highest BCUT2D eigenvalue weighted by Gasteiger charge is 2.13. The molecule has 2 aromatic carbocycles. The average Bonchev–Trinajstić information content (AvgIpc) is 2.93. The van der Waals surface area contributed by atoms with Crippen LogP contribution in [0.15, 0.2) is 48.5 Å². The molecule has 0 spiro atoms. The lowest BCUT2D eigenvalue weighted by atomic mass is 10.1. The third-order valence-electron chi connectivity index (χ3n) is 3.60. The van der Waals surface area contributed by atoms with Crippen molar-refractivity contribution < 1.29 is 4.79 Å². The number of rotatable bonds is 4. The number of aryl methyl sites for hydroxylation is 1. The minimum absolute atomic E-state index is 0.234. The molecule has 1 heterocycles. The molecule has 1 aromatic heterocycles. The van der Waals surface area contributed by atoms with Gasteiger partial charge in [0.05, 0.1) is 22.7 Å². The highest BCUT2D eigenvalue weighted by Crippen LogP contribution is 2.20. The molecular weight excluding hydrogens is 288 g/mol. The SMILES string of the molecule is CCCn1c(NC(=O)c2ccc(C#N)cc2)nc2ccccc21. The Hall–Kier alpha value is -3.13. The van der Waals surface area contributed by atoms with Gasteiger partial charge in [0.15, 0.2) is 0 Å². The number of anilines is 1. The van der Waals surface area contributed by atoms with E-state index in [4.69, 9.17) is 5.26 Å². The molecule has 5 heteroatoms. The van der Waals surface area contributed by atoms with Crippen molar-refractivity contribution in [3.8, 4) is 6.07 Å². The number of para-hydroxylation sites is 2. The molecular formula is C18H16N4O. The van der Waals surface area contributed by atoms with Crippen LogP contribution in [0.5, 0.6) is 0 Å². The third-order valence-corrected chi connectivity index (χ3v) is 3.60. The molecule has 0 unspecified atom stereocenters. The van der Waals surface area contributed by atoms with Crippen LogP contribution in [0.3, 0.4) is 0 Å². The van der Waals surface area contributed by atoms with E-state index in [9.17, 15) is 4.79 Å². The van der Waals surface area contributed by atoms with Crippen LogP contribution >= 0.6 is 0 Å². The van der Waals surface area contributed by atoms with Gasteiger partial charge in [0.25, 0.3) is 5.91 Å². The Morgan fingerprint density at radius 3 is 2.65 bits per heavy atom. The number of fused-ring (bicyclic) bond motifs is 1. The number of aromatic nitrogens is 2. The van der Waals surface area contributed by atoms with Crippen molar-refractivity contribution in [3.05, 3.63) is 59.7 Å². The van der Waals surface area contributed by atoms with Crippen LogP contribution in [-0.2, 0) is 6.54 Å². The lowest BCUT2D eigenvalue weighted by Gasteiger charge is -2.09. The highest BCUT2D eigenvalue weighted by molar-refractivity contribution is 6.04. The predicted octanol–water partition coefficient (Wildman–Crippen LogP) is 3.57. The first-order valence-corrected chi connectivity index (χ1v) is 7.49. The summed E-state index contributed by atoms with van der Waals surface area (Å²) < 4.78 is 2.01. The monoisotopic (exact) mass is 304 g/mol. The van der Waals surface area contributed by atoms with E-state index in [2.05, 4.69) is 17.2 Å². The van der Waals surface area contributed by atoms with E-state index in [-0.39, 0.29) is 5.91 Å².